The van der Waals surface area contributed by atoms with Gasteiger partial charge in [0.25, 0.3) is 0 Å². The Morgan fingerprint density at radius 1 is 1.00 bits per heavy atom. The first-order valence-electron chi connectivity index (χ1n) is 6.64. The average molecular weight is 283 g/mol. The monoisotopic (exact) mass is 283 g/mol. The van der Waals surface area contributed by atoms with Crippen molar-refractivity contribution in [2.45, 2.75) is 6.54 Å². The molecule has 0 bridgehead atoms. The van der Waals surface area contributed by atoms with E-state index in [4.69, 9.17) is 0 Å². The summed E-state index contributed by atoms with van der Waals surface area (Å²) in [5.74, 6) is 2.59. The SMILES string of the molecule is CN(Cc1nccn1C)c1ccc(-c2nccn2C)nn1. The Balaban J connectivity index is 1.78. The normalized spacial score (nSPS) is 10.8. The van der Waals surface area contributed by atoms with Crippen LogP contribution in [0, 0.1) is 0 Å². The summed E-state index contributed by atoms with van der Waals surface area (Å²) in [6.45, 7) is 0.680. The summed E-state index contributed by atoms with van der Waals surface area (Å²) in [7, 11) is 5.89. The minimum Gasteiger partial charge on any atom is -0.351 e. The summed E-state index contributed by atoms with van der Waals surface area (Å²) in [4.78, 5) is 10.6. The van der Waals surface area contributed by atoms with Crippen molar-refractivity contribution in [1.82, 2.24) is 29.3 Å². The van der Waals surface area contributed by atoms with Gasteiger partial charge in [-0.3, -0.25) is 0 Å². The predicted octanol–water partition coefficient (Wildman–Crippen LogP) is 1.25. The molecule has 0 spiro atoms. The Morgan fingerprint density at radius 3 is 2.33 bits per heavy atom. The first-order valence-corrected chi connectivity index (χ1v) is 6.64. The molecule has 0 aliphatic rings. The van der Waals surface area contributed by atoms with Crippen LogP contribution < -0.4 is 4.90 Å². The molecule has 0 amide bonds. The Labute approximate surface area is 122 Å². The number of anilines is 1. The number of imidazole rings is 2. The van der Waals surface area contributed by atoms with Gasteiger partial charge >= 0.3 is 0 Å². The molecule has 0 aromatic carbocycles. The first kappa shape index (κ1) is 13.3. The van der Waals surface area contributed by atoms with E-state index in [1.807, 2.05) is 59.7 Å². The zero-order chi connectivity index (χ0) is 14.8. The molecule has 21 heavy (non-hydrogen) atoms. The van der Waals surface area contributed by atoms with Crippen LogP contribution in [0.4, 0.5) is 5.82 Å². The lowest BCUT2D eigenvalue weighted by atomic mass is 10.3. The van der Waals surface area contributed by atoms with Gasteiger partial charge in [0.15, 0.2) is 11.6 Å². The zero-order valence-electron chi connectivity index (χ0n) is 12.3. The Morgan fingerprint density at radius 2 is 1.76 bits per heavy atom. The van der Waals surface area contributed by atoms with Crippen LogP contribution >= 0.6 is 0 Å². The van der Waals surface area contributed by atoms with Gasteiger partial charge in [0.2, 0.25) is 0 Å². The van der Waals surface area contributed by atoms with Crippen molar-refractivity contribution in [1.29, 1.82) is 0 Å². The maximum absolute atomic E-state index is 4.31. The Hall–Kier alpha value is -2.70. The molecule has 0 aliphatic carbocycles. The third-order valence-corrected chi connectivity index (χ3v) is 3.39. The van der Waals surface area contributed by atoms with Crippen LogP contribution in [0.3, 0.4) is 0 Å². The lowest BCUT2D eigenvalue weighted by Crippen LogP contribution is -2.20. The van der Waals surface area contributed by atoms with Gasteiger partial charge in [0.1, 0.15) is 11.5 Å². The highest BCUT2D eigenvalue weighted by Crippen LogP contribution is 2.16. The molecular weight excluding hydrogens is 266 g/mol. The second kappa shape index (κ2) is 5.35. The summed E-state index contributed by atoms with van der Waals surface area (Å²) in [5.41, 5.74) is 0.761. The number of rotatable bonds is 4. The zero-order valence-corrected chi connectivity index (χ0v) is 12.3. The molecule has 0 unspecified atom stereocenters. The predicted molar refractivity (Wildman–Crippen MR) is 79.5 cm³/mol. The van der Waals surface area contributed by atoms with Crippen molar-refractivity contribution in [3.63, 3.8) is 0 Å². The highest BCUT2D eigenvalue weighted by molar-refractivity contribution is 5.51. The molecule has 108 valence electrons. The van der Waals surface area contributed by atoms with Crippen molar-refractivity contribution in [3.05, 3.63) is 42.7 Å². The molecule has 3 aromatic heterocycles. The highest BCUT2D eigenvalue weighted by Gasteiger charge is 2.10. The average Bonchev–Trinajstić information content (AvgIpc) is 3.08. The van der Waals surface area contributed by atoms with Gasteiger partial charge in [0.05, 0.1) is 6.54 Å². The lowest BCUT2D eigenvalue weighted by molar-refractivity contribution is 0.749. The minimum atomic E-state index is 0.680. The maximum Gasteiger partial charge on any atom is 0.160 e. The van der Waals surface area contributed by atoms with Crippen LogP contribution in [-0.2, 0) is 20.6 Å². The fourth-order valence-corrected chi connectivity index (χ4v) is 2.10. The van der Waals surface area contributed by atoms with Gasteiger partial charge < -0.3 is 14.0 Å². The maximum atomic E-state index is 4.31. The lowest BCUT2D eigenvalue weighted by Gasteiger charge is -2.17. The van der Waals surface area contributed by atoms with E-state index in [1.54, 1.807) is 12.4 Å². The van der Waals surface area contributed by atoms with Crippen LogP contribution in [0.15, 0.2) is 36.9 Å². The molecule has 3 rings (SSSR count). The van der Waals surface area contributed by atoms with Crippen molar-refractivity contribution >= 4 is 5.82 Å². The van der Waals surface area contributed by atoms with Gasteiger partial charge in [-0.2, -0.15) is 0 Å². The fraction of sp³-hybridized carbons (Fsp3) is 0.286. The summed E-state index contributed by atoms with van der Waals surface area (Å²) >= 11 is 0. The summed E-state index contributed by atoms with van der Waals surface area (Å²) < 4.78 is 3.91. The summed E-state index contributed by atoms with van der Waals surface area (Å²) in [6, 6.07) is 3.87. The molecule has 3 heterocycles. The van der Waals surface area contributed by atoms with Crippen LogP contribution in [0.5, 0.6) is 0 Å². The van der Waals surface area contributed by atoms with E-state index >= 15 is 0 Å². The van der Waals surface area contributed by atoms with E-state index in [2.05, 4.69) is 20.2 Å². The quantitative estimate of drug-likeness (QED) is 0.721. The molecule has 3 aromatic rings. The summed E-state index contributed by atoms with van der Waals surface area (Å²) in [6.07, 6.45) is 7.36. The number of hydrogen-bond donors (Lipinski definition) is 0. The van der Waals surface area contributed by atoms with Gasteiger partial charge in [-0.15, -0.1) is 10.2 Å². The van der Waals surface area contributed by atoms with E-state index < -0.39 is 0 Å². The topological polar surface area (TPSA) is 64.7 Å². The second-order valence-corrected chi connectivity index (χ2v) is 4.95. The molecule has 0 N–H and O–H groups in total. The molecular formula is C14H17N7. The number of aryl methyl sites for hydroxylation is 2. The second-order valence-electron chi connectivity index (χ2n) is 4.95. The first-order chi connectivity index (χ1) is 10.1. The smallest absolute Gasteiger partial charge is 0.160 e. The van der Waals surface area contributed by atoms with Gasteiger partial charge in [0, 0.05) is 45.9 Å². The number of aromatic nitrogens is 6. The Bertz CT molecular complexity index is 726. The molecule has 0 aliphatic heterocycles. The number of hydrogen-bond acceptors (Lipinski definition) is 5. The Kier molecular flexibility index (Phi) is 3.39. The van der Waals surface area contributed by atoms with Crippen molar-refractivity contribution in [2.75, 3.05) is 11.9 Å². The fourth-order valence-electron chi connectivity index (χ4n) is 2.10. The molecule has 0 radical (unpaired) electrons. The van der Waals surface area contributed by atoms with Crippen LogP contribution in [0.2, 0.25) is 0 Å². The third kappa shape index (κ3) is 2.62. The molecule has 7 heteroatoms. The molecule has 7 nitrogen and oxygen atoms in total. The van der Waals surface area contributed by atoms with Crippen LogP contribution in [-0.4, -0.2) is 36.3 Å². The molecule has 0 fully saturated rings. The largest absolute Gasteiger partial charge is 0.351 e. The van der Waals surface area contributed by atoms with Gasteiger partial charge in [-0.1, -0.05) is 0 Å². The van der Waals surface area contributed by atoms with E-state index in [-0.39, 0.29) is 0 Å². The van der Waals surface area contributed by atoms with E-state index in [1.165, 1.54) is 0 Å². The number of nitrogens with zero attached hydrogens (tertiary/aromatic N) is 7. The van der Waals surface area contributed by atoms with Crippen LogP contribution in [0.25, 0.3) is 11.5 Å². The van der Waals surface area contributed by atoms with E-state index in [0.29, 0.717) is 6.54 Å². The minimum absolute atomic E-state index is 0.680. The van der Waals surface area contributed by atoms with Gasteiger partial charge in [-0.05, 0) is 12.1 Å². The van der Waals surface area contributed by atoms with Crippen LogP contribution in [0.1, 0.15) is 5.82 Å². The third-order valence-electron chi connectivity index (χ3n) is 3.39. The highest BCUT2D eigenvalue weighted by atomic mass is 15.3. The molecule has 0 saturated carbocycles. The molecule has 0 atom stereocenters. The molecule has 0 saturated heterocycles. The standard InChI is InChI=1S/C14H17N7/c1-19-8-6-15-13(19)10-21(3)12-5-4-11(17-18-12)14-16-7-9-20(14)2/h4-9H,10H2,1-3H3. The van der Waals surface area contributed by atoms with E-state index in [9.17, 15) is 0 Å². The van der Waals surface area contributed by atoms with Crippen molar-refractivity contribution < 1.29 is 0 Å². The van der Waals surface area contributed by atoms with E-state index in [0.717, 1.165) is 23.2 Å². The van der Waals surface area contributed by atoms with Crippen molar-refractivity contribution in [2.24, 2.45) is 14.1 Å². The van der Waals surface area contributed by atoms with Gasteiger partial charge in [-0.25, -0.2) is 9.97 Å². The van der Waals surface area contributed by atoms with Crippen molar-refractivity contribution in [3.8, 4) is 11.5 Å². The summed E-state index contributed by atoms with van der Waals surface area (Å²) in [5, 5.41) is 8.52.